The number of hydrogen-bond donors (Lipinski definition) is 3. The van der Waals surface area contributed by atoms with Crippen LogP contribution in [0.25, 0.3) is 28.1 Å². The maximum absolute atomic E-state index is 14.2. The molecule has 0 saturated carbocycles. The van der Waals surface area contributed by atoms with Crippen molar-refractivity contribution in [3.05, 3.63) is 85.1 Å². The zero-order chi connectivity index (χ0) is 29.8. The number of rotatable bonds is 5. The first-order valence-electron chi connectivity index (χ1n) is 11.1. The van der Waals surface area contributed by atoms with Crippen LogP contribution in [0.5, 0.6) is 0 Å². The predicted molar refractivity (Wildman–Crippen MR) is 128 cm³/mol. The Balaban J connectivity index is 0.000000493. The van der Waals surface area contributed by atoms with Crippen LogP contribution in [-0.4, -0.2) is 52.2 Å². The van der Waals surface area contributed by atoms with E-state index in [4.69, 9.17) is 9.90 Å². The van der Waals surface area contributed by atoms with Gasteiger partial charge in [-0.1, -0.05) is 0 Å². The highest BCUT2D eigenvalue weighted by molar-refractivity contribution is 5.73. The number of alkyl halides is 6. The van der Waals surface area contributed by atoms with Gasteiger partial charge in [0.2, 0.25) is 5.95 Å². The van der Waals surface area contributed by atoms with Crippen molar-refractivity contribution in [2.24, 2.45) is 0 Å². The number of carboxylic acid groups (broad SMARTS) is 1. The minimum absolute atomic E-state index is 0.263. The van der Waals surface area contributed by atoms with Gasteiger partial charge in [-0.05, 0) is 54.1 Å². The van der Waals surface area contributed by atoms with Crippen LogP contribution in [0.15, 0.2) is 73.4 Å². The van der Waals surface area contributed by atoms with Crippen molar-refractivity contribution in [3.63, 3.8) is 0 Å². The number of hydrogen-bond acceptors (Lipinski definition) is 7. The summed E-state index contributed by atoms with van der Waals surface area (Å²) in [4.78, 5) is 20.8. The molecule has 2 aromatic carbocycles. The SMILES string of the molecule is Fc1cc(-c2cn[nH]c2)cc(-c2ccnc(Nc3ccc(-n4cnc(C(F)(F)F)n4)cc3)n2)c1.O=C(O)C(F)(F)F. The standard InChI is InChI=1S/C22H14F4N8.C2HF3O2/c23-16-8-13(15-10-29-30-11-15)7-14(9-16)19-5-6-27-21(32-19)31-17-1-3-18(4-2-17)34-12-28-20(33-34)22(24,25)26;3-2(4,5)1(6)7/h1-12H,(H,29,30)(H,27,31,32);(H,6,7). The normalized spacial score (nSPS) is 11.5. The molecule has 0 atom stereocenters. The van der Waals surface area contributed by atoms with E-state index in [0.29, 0.717) is 28.2 Å². The second-order valence-corrected chi connectivity index (χ2v) is 7.97. The van der Waals surface area contributed by atoms with E-state index in [2.05, 4.69) is 35.6 Å². The maximum Gasteiger partial charge on any atom is 0.490 e. The first-order valence-corrected chi connectivity index (χ1v) is 11.1. The summed E-state index contributed by atoms with van der Waals surface area (Å²) in [5.74, 6) is -4.13. The molecule has 0 bridgehead atoms. The number of aliphatic carboxylic acids is 1. The fourth-order valence-electron chi connectivity index (χ4n) is 3.24. The van der Waals surface area contributed by atoms with E-state index in [1.54, 1.807) is 48.8 Å². The van der Waals surface area contributed by atoms with Crippen LogP contribution in [0, 0.1) is 5.82 Å². The molecule has 5 aromatic rings. The molecule has 10 nitrogen and oxygen atoms in total. The second kappa shape index (κ2) is 11.4. The zero-order valence-corrected chi connectivity index (χ0v) is 20.1. The van der Waals surface area contributed by atoms with Gasteiger partial charge in [0.25, 0.3) is 5.82 Å². The summed E-state index contributed by atoms with van der Waals surface area (Å²) in [5, 5.41) is 20.2. The van der Waals surface area contributed by atoms with Gasteiger partial charge in [0.1, 0.15) is 12.1 Å². The monoisotopic (exact) mass is 580 g/mol. The van der Waals surface area contributed by atoms with Crippen LogP contribution in [0.1, 0.15) is 5.82 Å². The molecule has 41 heavy (non-hydrogen) atoms. The molecule has 0 fully saturated rings. The minimum atomic E-state index is -5.08. The molecule has 17 heteroatoms. The molecule has 0 saturated heterocycles. The topological polar surface area (TPSA) is 134 Å². The lowest BCUT2D eigenvalue weighted by atomic mass is 10.0. The first kappa shape index (κ1) is 28.7. The van der Waals surface area contributed by atoms with Crippen LogP contribution < -0.4 is 5.32 Å². The Kier molecular flexibility index (Phi) is 7.97. The fraction of sp³-hybridized carbons (Fsp3) is 0.0833. The summed E-state index contributed by atoms with van der Waals surface area (Å²) >= 11 is 0. The third kappa shape index (κ3) is 7.40. The highest BCUT2D eigenvalue weighted by Gasteiger charge is 2.38. The van der Waals surface area contributed by atoms with Crippen LogP contribution >= 0.6 is 0 Å². The van der Waals surface area contributed by atoms with E-state index in [1.165, 1.54) is 18.3 Å². The van der Waals surface area contributed by atoms with Crippen LogP contribution in [0.3, 0.4) is 0 Å². The number of aromatic nitrogens is 7. The molecular formula is C24H15F7N8O2. The first-order chi connectivity index (χ1) is 19.3. The summed E-state index contributed by atoms with van der Waals surface area (Å²) in [7, 11) is 0. The number of halogens is 7. The number of benzene rings is 2. The average molecular weight is 580 g/mol. The van der Waals surface area contributed by atoms with Crippen molar-refractivity contribution in [2.75, 3.05) is 5.32 Å². The van der Waals surface area contributed by atoms with Gasteiger partial charge in [-0.25, -0.2) is 28.8 Å². The van der Waals surface area contributed by atoms with E-state index in [0.717, 1.165) is 16.6 Å². The predicted octanol–water partition coefficient (Wildman–Crippen LogP) is 5.65. The van der Waals surface area contributed by atoms with Crippen LogP contribution in [0.2, 0.25) is 0 Å². The number of nitrogens with one attached hydrogen (secondary N) is 2. The summed E-state index contributed by atoms with van der Waals surface area (Å²) < 4.78 is 85.1. The molecule has 3 aromatic heterocycles. The molecule has 5 rings (SSSR count). The van der Waals surface area contributed by atoms with E-state index in [-0.39, 0.29) is 5.95 Å². The number of aromatic amines is 1. The molecule has 0 aliphatic rings. The van der Waals surface area contributed by atoms with Gasteiger partial charge in [0.15, 0.2) is 0 Å². The van der Waals surface area contributed by atoms with Gasteiger partial charge < -0.3 is 10.4 Å². The summed E-state index contributed by atoms with van der Waals surface area (Å²) in [6.07, 6.45) is -3.91. The van der Waals surface area contributed by atoms with Crippen LogP contribution in [0.4, 0.5) is 42.4 Å². The van der Waals surface area contributed by atoms with Crippen molar-refractivity contribution in [3.8, 4) is 28.1 Å². The molecule has 0 radical (unpaired) electrons. The highest BCUT2D eigenvalue weighted by Crippen LogP contribution is 2.28. The van der Waals surface area contributed by atoms with Crippen molar-refractivity contribution >= 4 is 17.6 Å². The number of anilines is 2. The number of carbonyl (C=O) groups is 1. The van der Waals surface area contributed by atoms with Crippen LogP contribution in [-0.2, 0) is 11.0 Å². The molecule has 0 amide bonds. The molecule has 3 N–H and O–H groups in total. The fourth-order valence-corrected chi connectivity index (χ4v) is 3.24. The van der Waals surface area contributed by atoms with Gasteiger partial charge >= 0.3 is 18.3 Å². The Labute approximate surface area is 224 Å². The van der Waals surface area contributed by atoms with Crippen molar-refractivity contribution in [1.29, 1.82) is 0 Å². The highest BCUT2D eigenvalue weighted by atomic mass is 19.4. The largest absolute Gasteiger partial charge is 0.490 e. The van der Waals surface area contributed by atoms with Gasteiger partial charge in [-0.15, -0.1) is 5.10 Å². The maximum atomic E-state index is 14.2. The molecule has 0 unspecified atom stereocenters. The van der Waals surface area contributed by atoms with E-state index < -0.39 is 30.0 Å². The van der Waals surface area contributed by atoms with Gasteiger partial charge in [-0.2, -0.15) is 31.4 Å². The lowest BCUT2D eigenvalue weighted by Gasteiger charge is -2.09. The van der Waals surface area contributed by atoms with Gasteiger partial charge in [-0.3, -0.25) is 5.10 Å². The Bertz CT molecular complexity index is 1630. The number of carboxylic acids is 1. The Morgan fingerprint density at radius 3 is 2.20 bits per heavy atom. The van der Waals surface area contributed by atoms with Crippen molar-refractivity contribution in [1.82, 2.24) is 34.9 Å². The Hall–Kier alpha value is -5.35. The van der Waals surface area contributed by atoms with Gasteiger partial charge in [0, 0.05) is 29.2 Å². The summed E-state index contributed by atoms with van der Waals surface area (Å²) in [6.45, 7) is 0. The lowest BCUT2D eigenvalue weighted by Crippen LogP contribution is -2.21. The zero-order valence-electron chi connectivity index (χ0n) is 20.1. The number of H-pyrrole nitrogens is 1. The average Bonchev–Trinajstić information content (AvgIpc) is 3.62. The second-order valence-electron chi connectivity index (χ2n) is 7.97. The number of nitrogens with zero attached hydrogens (tertiary/aromatic N) is 6. The minimum Gasteiger partial charge on any atom is -0.475 e. The molecule has 0 aliphatic heterocycles. The molecule has 212 valence electrons. The Morgan fingerprint density at radius 1 is 0.927 bits per heavy atom. The lowest BCUT2D eigenvalue weighted by molar-refractivity contribution is -0.192. The van der Waals surface area contributed by atoms with Crippen molar-refractivity contribution in [2.45, 2.75) is 12.4 Å². The van der Waals surface area contributed by atoms with Crippen molar-refractivity contribution < 1.29 is 40.6 Å². The van der Waals surface area contributed by atoms with Gasteiger partial charge in [0.05, 0.1) is 17.6 Å². The summed E-state index contributed by atoms with van der Waals surface area (Å²) in [5.41, 5.74) is 3.44. The molecule has 0 spiro atoms. The molecule has 0 aliphatic carbocycles. The van der Waals surface area contributed by atoms with E-state index in [9.17, 15) is 30.7 Å². The van der Waals surface area contributed by atoms with E-state index >= 15 is 0 Å². The summed E-state index contributed by atoms with van der Waals surface area (Å²) in [6, 6.07) is 12.7. The smallest absolute Gasteiger partial charge is 0.475 e. The quantitative estimate of drug-likeness (QED) is 0.227. The third-order valence-corrected chi connectivity index (χ3v) is 5.06. The third-order valence-electron chi connectivity index (χ3n) is 5.06. The molecule has 3 heterocycles. The molecular weight excluding hydrogens is 565 g/mol. The Morgan fingerprint density at radius 2 is 1.61 bits per heavy atom. The van der Waals surface area contributed by atoms with E-state index in [1.807, 2.05) is 0 Å².